The molecule has 0 saturated carbocycles. The van der Waals surface area contributed by atoms with Gasteiger partial charge in [-0.25, -0.2) is 19.6 Å². The maximum absolute atomic E-state index is 12.0. The first-order chi connectivity index (χ1) is 25.2. The Morgan fingerprint density at radius 2 is 1.17 bits per heavy atom. The Hall–Kier alpha value is -6.47. The highest BCUT2D eigenvalue weighted by atomic mass is 32.2. The molecule has 0 aliphatic heterocycles. The summed E-state index contributed by atoms with van der Waals surface area (Å²) >= 11 is 1.30. The number of thioether (sulfide) groups is 1. The summed E-state index contributed by atoms with van der Waals surface area (Å²) in [5.41, 5.74) is 10.6. The Morgan fingerprint density at radius 1 is 0.673 bits per heavy atom. The van der Waals surface area contributed by atoms with E-state index in [2.05, 4.69) is 48.2 Å². The molecule has 0 fully saturated rings. The monoisotopic (exact) mass is 718 g/mol. The van der Waals surface area contributed by atoms with E-state index in [-0.39, 0.29) is 30.3 Å². The second-order valence-electron chi connectivity index (χ2n) is 10.6. The minimum Gasteiger partial charge on any atom is -0.462 e. The van der Waals surface area contributed by atoms with Gasteiger partial charge in [0.1, 0.15) is 11.1 Å². The number of nitrogens with one attached hydrogen (secondary N) is 3. The van der Waals surface area contributed by atoms with Crippen LogP contribution in [0.15, 0.2) is 136 Å². The van der Waals surface area contributed by atoms with E-state index in [1.54, 1.807) is 20.1 Å². The van der Waals surface area contributed by atoms with Gasteiger partial charge in [0.15, 0.2) is 5.16 Å². The molecule has 2 aromatic heterocycles. The number of anilines is 3. The Balaban J connectivity index is 0.000000190. The predicted octanol–water partition coefficient (Wildman–Crippen LogP) is 6.96. The minimum absolute atomic E-state index is 0.0651. The third-order valence-electron chi connectivity index (χ3n) is 6.99. The molecular weight excluding hydrogens is 681 g/mol. The number of aromatic nitrogens is 4. The van der Waals surface area contributed by atoms with Crippen LogP contribution < -0.4 is 22.2 Å². The van der Waals surface area contributed by atoms with Gasteiger partial charge in [-0.15, -0.1) is 0 Å². The van der Waals surface area contributed by atoms with E-state index in [1.807, 2.05) is 91.0 Å². The van der Waals surface area contributed by atoms with E-state index in [0.29, 0.717) is 5.16 Å². The van der Waals surface area contributed by atoms with E-state index < -0.39 is 23.1 Å². The number of rotatable bonds is 9. The first-order valence-electron chi connectivity index (χ1n) is 16.1. The summed E-state index contributed by atoms with van der Waals surface area (Å²) in [4.78, 5) is 59.1. The van der Waals surface area contributed by atoms with E-state index in [9.17, 15) is 19.2 Å². The number of H-pyrrole nitrogens is 2. The SMILES string of the molecule is CCOC(=O)c1cnc(Nc2cccc(-c3ccccc3)c2)[nH]c1=O.CCOC(=O)c1cnc(SC)[nH]c1=O.Nc1cccc(-c2ccccc2)c1. The van der Waals surface area contributed by atoms with Crippen molar-refractivity contribution in [3.05, 3.63) is 153 Å². The number of hydrogen-bond donors (Lipinski definition) is 4. The number of carbonyl (C=O) groups is 2. The molecule has 0 unspecified atom stereocenters. The zero-order valence-corrected chi connectivity index (χ0v) is 29.6. The molecule has 52 heavy (non-hydrogen) atoms. The van der Waals surface area contributed by atoms with Crippen LogP contribution in [-0.4, -0.2) is 51.3 Å². The average Bonchev–Trinajstić information content (AvgIpc) is 3.16. The lowest BCUT2D eigenvalue weighted by atomic mass is 10.1. The highest BCUT2D eigenvalue weighted by Crippen LogP contribution is 2.23. The Bertz CT molecular complexity index is 2190. The van der Waals surface area contributed by atoms with Crippen molar-refractivity contribution >= 4 is 41.0 Å². The number of nitrogen functional groups attached to an aromatic ring is 1. The molecule has 0 saturated heterocycles. The number of carbonyl (C=O) groups excluding carboxylic acids is 2. The highest BCUT2D eigenvalue weighted by molar-refractivity contribution is 7.98. The topological polar surface area (TPSA) is 182 Å². The Labute approximate surface area is 304 Å². The van der Waals surface area contributed by atoms with Crippen molar-refractivity contribution in [3.63, 3.8) is 0 Å². The van der Waals surface area contributed by atoms with Crippen LogP contribution in [-0.2, 0) is 9.47 Å². The van der Waals surface area contributed by atoms with Gasteiger partial charge in [0.25, 0.3) is 11.1 Å². The van der Waals surface area contributed by atoms with Gasteiger partial charge in [-0.3, -0.25) is 14.6 Å². The van der Waals surface area contributed by atoms with Crippen LogP contribution in [0.2, 0.25) is 0 Å². The van der Waals surface area contributed by atoms with Crippen LogP contribution >= 0.6 is 11.8 Å². The average molecular weight is 719 g/mol. The summed E-state index contributed by atoms with van der Waals surface area (Å²) in [6.45, 7) is 3.79. The molecule has 0 radical (unpaired) electrons. The number of hydrogen-bond acceptors (Lipinski definition) is 11. The number of ether oxygens (including phenoxy) is 2. The summed E-state index contributed by atoms with van der Waals surface area (Å²) in [5.74, 6) is -1.08. The Morgan fingerprint density at radius 3 is 1.67 bits per heavy atom. The maximum Gasteiger partial charge on any atom is 0.345 e. The first-order valence-corrected chi connectivity index (χ1v) is 17.3. The predicted molar refractivity (Wildman–Crippen MR) is 205 cm³/mol. The standard InChI is InChI=1S/C19H17N3O3.C12H11N.C8H10N2O3S/c1-2-25-18(24)16-12-20-19(22-17(16)23)21-15-10-6-9-14(11-15)13-7-4-3-5-8-13;13-12-8-4-7-11(9-12)10-5-2-1-3-6-10;1-3-13-7(12)5-4-9-8(14-2)10-6(5)11/h3-12H,2H2,1H3,(H2,20,21,22,23);1-9H,13H2;4H,3H2,1-2H3,(H,9,10,11). The Kier molecular flexibility index (Phi) is 14.5. The van der Waals surface area contributed by atoms with E-state index in [0.717, 1.165) is 22.5 Å². The van der Waals surface area contributed by atoms with E-state index in [1.165, 1.54) is 35.3 Å². The molecule has 0 aliphatic rings. The molecule has 0 aliphatic carbocycles. The van der Waals surface area contributed by atoms with Gasteiger partial charge in [0, 0.05) is 17.6 Å². The molecule has 0 atom stereocenters. The van der Waals surface area contributed by atoms with Crippen LogP contribution in [0.1, 0.15) is 34.6 Å². The highest BCUT2D eigenvalue weighted by Gasteiger charge is 2.13. The molecule has 12 nitrogen and oxygen atoms in total. The van der Waals surface area contributed by atoms with Crippen molar-refractivity contribution in [2.75, 3.05) is 30.5 Å². The van der Waals surface area contributed by atoms with Gasteiger partial charge in [-0.05, 0) is 66.6 Å². The van der Waals surface area contributed by atoms with Crippen molar-refractivity contribution < 1.29 is 19.1 Å². The smallest absolute Gasteiger partial charge is 0.345 e. The van der Waals surface area contributed by atoms with Crippen molar-refractivity contribution in [1.29, 1.82) is 0 Å². The van der Waals surface area contributed by atoms with Gasteiger partial charge in [-0.2, -0.15) is 0 Å². The fourth-order valence-corrected chi connectivity index (χ4v) is 4.89. The van der Waals surface area contributed by atoms with Crippen molar-refractivity contribution in [3.8, 4) is 22.3 Å². The molecule has 5 N–H and O–H groups in total. The zero-order valence-electron chi connectivity index (χ0n) is 28.8. The summed E-state index contributed by atoms with van der Waals surface area (Å²) in [7, 11) is 0. The summed E-state index contributed by atoms with van der Waals surface area (Å²) in [6, 6.07) is 35.8. The molecule has 266 valence electrons. The van der Waals surface area contributed by atoms with Crippen LogP contribution in [0.5, 0.6) is 0 Å². The van der Waals surface area contributed by atoms with E-state index >= 15 is 0 Å². The lowest BCUT2D eigenvalue weighted by Crippen LogP contribution is -2.21. The number of benzene rings is 4. The molecule has 6 aromatic rings. The van der Waals surface area contributed by atoms with Crippen LogP contribution in [0.4, 0.5) is 17.3 Å². The zero-order chi connectivity index (χ0) is 37.3. The molecule has 13 heteroatoms. The minimum atomic E-state index is -0.686. The summed E-state index contributed by atoms with van der Waals surface area (Å²) in [6.07, 6.45) is 4.21. The van der Waals surface area contributed by atoms with Gasteiger partial charge in [0.2, 0.25) is 5.95 Å². The van der Waals surface area contributed by atoms with Crippen LogP contribution in [0.3, 0.4) is 0 Å². The van der Waals surface area contributed by atoms with Crippen LogP contribution in [0.25, 0.3) is 22.3 Å². The third-order valence-corrected chi connectivity index (χ3v) is 7.58. The number of nitrogens with zero attached hydrogens (tertiary/aromatic N) is 2. The van der Waals surface area contributed by atoms with Crippen molar-refractivity contribution in [1.82, 2.24) is 19.9 Å². The molecule has 2 heterocycles. The number of nitrogens with two attached hydrogens (primary N) is 1. The van der Waals surface area contributed by atoms with Gasteiger partial charge in [-0.1, -0.05) is 96.7 Å². The lowest BCUT2D eigenvalue weighted by molar-refractivity contribution is 0.0514. The first kappa shape index (κ1) is 38.3. The van der Waals surface area contributed by atoms with Gasteiger partial charge in [0.05, 0.1) is 19.4 Å². The van der Waals surface area contributed by atoms with Crippen LogP contribution in [0, 0.1) is 0 Å². The molecule has 0 spiro atoms. The van der Waals surface area contributed by atoms with Gasteiger partial charge >= 0.3 is 11.9 Å². The second kappa shape index (κ2) is 19.6. The van der Waals surface area contributed by atoms with Crippen molar-refractivity contribution in [2.45, 2.75) is 19.0 Å². The molecule has 0 bridgehead atoms. The maximum atomic E-state index is 12.0. The summed E-state index contributed by atoms with van der Waals surface area (Å²) < 4.78 is 9.49. The van der Waals surface area contributed by atoms with E-state index in [4.69, 9.17) is 10.5 Å². The van der Waals surface area contributed by atoms with Crippen molar-refractivity contribution in [2.24, 2.45) is 0 Å². The fraction of sp³-hybridized carbons (Fsp3) is 0.128. The molecular formula is C39H38N6O6S. The molecule has 4 aromatic carbocycles. The van der Waals surface area contributed by atoms with Gasteiger partial charge < -0.3 is 25.5 Å². The fourth-order valence-electron chi connectivity index (χ4n) is 4.54. The third kappa shape index (κ3) is 11.3. The number of aromatic amines is 2. The normalized spacial score (nSPS) is 10.1. The molecule has 0 amide bonds. The second-order valence-corrected chi connectivity index (χ2v) is 11.4. The lowest BCUT2D eigenvalue weighted by Gasteiger charge is -2.08. The number of esters is 2. The molecule has 6 rings (SSSR count). The quantitative estimate of drug-likeness (QED) is 0.0525. The summed E-state index contributed by atoms with van der Waals surface area (Å²) in [5, 5.41) is 3.51. The largest absolute Gasteiger partial charge is 0.462 e.